The van der Waals surface area contributed by atoms with Gasteiger partial charge in [0.05, 0.1) is 5.69 Å². The highest BCUT2D eigenvalue weighted by atomic mass is 16.1. The molecule has 1 aromatic heterocycles. The van der Waals surface area contributed by atoms with Crippen LogP contribution in [0.1, 0.15) is 34.1 Å². The van der Waals surface area contributed by atoms with Gasteiger partial charge in [-0.2, -0.15) is 0 Å². The molecule has 0 bridgehead atoms. The molecule has 0 aliphatic carbocycles. The summed E-state index contributed by atoms with van der Waals surface area (Å²) in [5, 5.41) is 0. The minimum Gasteiger partial charge on any atom is -0.289 e. The third-order valence-electron chi connectivity index (χ3n) is 3.98. The predicted molar refractivity (Wildman–Crippen MR) is 104 cm³/mol. The van der Waals surface area contributed by atoms with Crippen LogP contribution in [0, 0.1) is 0 Å². The lowest BCUT2D eigenvalue weighted by atomic mass is 9.97. The van der Waals surface area contributed by atoms with Crippen molar-refractivity contribution in [1.29, 1.82) is 0 Å². The highest BCUT2D eigenvalue weighted by Gasteiger charge is 2.15. The van der Waals surface area contributed by atoms with Gasteiger partial charge in [0.2, 0.25) is 0 Å². The largest absolute Gasteiger partial charge is 0.289 e. The van der Waals surface area contributed by atoms with Crippen LogP contribution in [0.4, 0.5) is 0 Å². The fraction of sp³-hybridized carbons (Fsp3) is 0.0435. The smallest absolute Gasteiger partial charge is 0.195 e. The van der Waals surface area contributed by atoms with Crippen LogP contribution in [0.3, 0.4) is 0 Å². The highest BCUT2D eigenvalue weighted by Crippen LogP contribution is 2.24. The van der Waals surface area contributed by atoms with Crippen LogP contribution in [-0.4, -0.2) is 10.8 Å². The van der Waals surface area contributed by atoms with Gasteiger partial charge in [0.1, 0.15) is 0 Å². The number of aromatic nitrogens is 1. The first-order chi connectivity index (χ1) is 12.2. The second-order valence-corrected chi connectivity index (χ2v) is 5.68. The molecule has 3 aromatic rings. The number of ketones is 1. The molecular weight excluding hydrogens is 306 g/mol. The van der Waals surface area contributed by atoms with Crippen LogP contribution in [-0.2, 0) is 0 Å². The third kappa shape index (κ3) is 3.64. The van der Waals surface area contributed by atoms with Crippen molar-refractivity contribution in [3.05, 3.63) is 102 Å². The van der Waals surface area contributed by atoms with Crippen molar-refractivity contribution in [2.75, 3.05) is 0 Å². The number of hydrogen-bond acceptors (Lipinski definition) is 2. The quantitative estimate of drug-likeness (QED) is 0.567. The van der Waals surface area contributed by atoms with Gasteiger partial charge < -0.3 is 0 Å². The maximum absolute atomic E-state index is 13.1. The fourth-order valence-corrected chi connectivity index (χ4v) is 2.70. The molecule has 0 fully saturated rings. The molecule has 0 N–H and O–H groups in total. The third-order valence-corrected chi connectivity index (χ3v) is 3.98. The summed E-state index contributed by atoms with van der Waals surface area (Å²) in [6.45, 7) is 5.69. The topological polar surface area (TPSA) is 30.0 Å². The van der Waals surface area contributed by atoms with Gasteiger partial charge in [-0.05, 0) is 36.3 Å². The molecule has 0 spiro atoms. The summed E-state index contributed by atoms with van der Waals surface area (Å²) in [5.74, 6) is -0.0397. The lowest BCUT2D eigenvalue weighted by molar-refractivity contribution is 0.103. The van der Waals surface area contributed by atoms with E-state index in [1.165, 1.54) is 0 Å². The molecule has 0 amide bonds. The zero-order valence-corrected chi connectivity index (χ0v) is 14.1. The summed E-state index contributed by atoms with van der Waals surface area (Å²) in [7, 11) is 0. The van der Waals surface area contributed by atoms with E-state index in [4.69, 9.17) is 0 Å². The molecule has 122 valence electrons. The van der Waals surface area contributed by atoms with Crippen LogP contribution < -0.4 is 0 Å². The average Bonchev–Trinajstić information content (AvgIpc) is 2.68. The van der Waals surface area contributed by atoms with Gasteiger partial charge in [0, 0.05) is 22.9 Å². The first-order valence-electron chi connectivity index (χ1n) is 8.18. The van der Waals surface area contributed by atoms with Crippen molar-refractivity contribution in [2.24, 2.45) is 0 Å². The normalized spacial score (nSPS) is 10.8. The molecule has 0 saturated carbocycles. The molecule has 25 heavy (non-hydrogen) atoms. The molecule has 1 heterocycles. The Kier molecular flexibility index (Phi) is 5.00. The van der Waals surface area contributed by atoms with Crippen molar-refractivity contribution in [2.45, 2.75) is 6.92 Å². The molecule has 0 aliphatic heterocycles. The maximum Gasteiger partial charge on any atom is 0.195 e. The van der Waals surface area contributed by atoms with Crippen LogP contribution in [0.5, 0.6) is 0 Å². The Bertz CT molecular complexity index is 939. The van der Waals surface area contributed by atoms with Gasteiger partial charge in [-0.3, -0.25) is 9.78 Å². The van der Waals surface area contributed by atoms with Crippen LogP contribution in [0.2, 0.25) is 0 Å². The van der Waals surface area contributed by atoms with Gasteiger partial charge in [0.25, 0.3) is 0 Å². The molecule has 0 aliphatic rings. The number of carbonyl (C=O) groups excluding carboxylic acids is 1. The number of hydrogen-bond donors (Lipinski definition) is 0. The summed E-state index contributed by atoms with van der Waals surface area (Å²) < 4.78 is 0. The Hall–Kier alpha value is -3.26. The molecule has 2 aromatic carbocycles. The molecule has 2 nitrogen and oxygen atoms in total. The standard InChI is InChI=1S/C23H19NO/c1-3-9-22-21(23(25)19-13-8-10-17(4-2)14-19)15-20(16-24-22)18-11-6-5-7-12-18/h3-16H,2H2,1H3/b9-3-. The summed E-state index contributed by atoms with van der Waals surface area (Å²) in [6.07, 6.45) is 7.30. The minimum atomic E-state index is -0.0397. The first kappa shape index (κ1) is 16.6. The lowest BCUT2D eigenvalue weighted by Gasteiger charge is -2.09. The van der Waals surface area contributed by atoms with E-state index in [2.05, 4.69) is 11.6 Å². The van der Waals surface area contributed by atoms with E-state index < -0.39 is 0 Å². The second kappa shape index (κ2) is 7.54. The summed E-state index contributed by atoms with van der Waals surface area (Å²) >= 11 is 0. The Morgan fingerprint density at radius 3 is 2.52 bits per heavy atom. The Balaban J connectivity index is 2.11. The van der Waals surface area contributed by atoms with E-state index in [0.29, 0.717) is 16.8 Å². The maximum atomic E-state index is 13.1. The average molecular weight is 325 g/mol. The van der Waals surface area contributed by atoms with E-state index in [1.54, 1.807) is 6.08 Å². The monoisotopic (exact) mass is 325 g/mol. The first-order valence-corrected chi connectivity index (χ1v) is 8.18. The van der Waals surface area contributed by atoms with E-state index >= 15 is 0 Å². The van der Waals surface area contributed by atoms with Crippen molar-refractivity contribution in [3.8, 4) is 11.1 Å². The van der Waals surface area contributed by atoms with Crippen LogP contribution in [0.15, 0.2) is 79.5 Å². The van der Waals surface area contributed by atoms with Crippen LogP contribution in [0.25, 0.3) is 23.3 Å². The molecular formula is C23H19NO. The van der Waals surface area contributed by atoms with E-state index in [0.717, 1.165) is 16.7 Å². The molecule has 0 radical (unpaired) electrons. The number of benzene rings is 2. The SMILES string of the molecule is C=Cc1cccc(C(=O)c2cc(-c3ccccc3)cnc2/C=C\C)c1. The molecule has 0 atom stereocenters. The number of rotatable bonds is 5. The predicted octanol–water partition coefficient (Wildman–Crippen LogP) is 5.66. The van der Waals surface area contributed by atoms with Crippen molar-refractivity contribution in [3.63, 3.8) is 0 Å². The lowest BCUT2D eigenvalue weighted by Crippen LogP contribution is -2.06. The number of allylic oxidation sites excluding steroid dienone is 1. The Morgan fingerprint density at radius 1 is 1.00 bits per heavy atom. The molecule has 0 unspecified atom stereocenters. The van der Waals surface area contributed by atoms with Gasteiger partial charge in [-0.15, -0.1) is 0 Å². The van der Waals surface area contributed by atoms with Gasteiger partial charge >= 0.3 is 0 Å². The van der Waals surface area contributed by atoms with Gasteiger partial charge in [-0.1, -0.05) is 67.3 Å². The van der Waals surface area contributed by atoms with Gasteiger partial charge in [0.15, 0.2) is 5.78 Å². The van der Waals surface area contributed by atoms with E-state index in [9.17, 15) is 4.79 Å². The van der Waals surface area contributed by atoms with Crippen LogP contribution >= 0.6 is 0 Å². The van der Waals surface area contributed by atoms with Crippen molar-refractivity contribution in [1.82, 2.24) is 4.98 Å². The second-order valence-electron chi connectivity index (χ2n) is 5.68. The fourth-order valence-electron chi connectivity index (χ4n) is 2.70. The zero-order valence-electron chi connectivity index (χ0n) is 14.1. The van der Waals surface area contributed by atoms with E-state index in [1.807, 2.05) is 85.9 Å². The highest BCUT2D eigenvalue weighted by molar-refractivity contribution is 6.11. The van der Waals surface area contributed by atoms with Gasteiger partial charge in [-0.25, -0.2) is 0 Å². The summed E-state index contributed by atoms with van der Waals surface area (Å²) in [5.41, 5.74) is 4.80. The van der Waals surface area contributed by atoms with Crippen molar-refractivity contribution < 1.29 is 4.79 Å². The number of carbonyl (C=O) groups is 1. The summed E-state index contributed by atoms with van der Waals surface area (Å²) in [6, 6.07) is 19.3. The molecule has 3 rings (SSSR count). The van der Waals surface area contributed by atoms with E-state index in [-0.39, 0.29) is 5.78 Å². The van der Waals surface area contributed by atoms with Crippen molar-refractivity contribution >= 4 is 17.9 Å². The molecule has 0 saturated heterocycles. The zero-order chi connectivity index (χ0) is 17.6. The minimum absolute atomic E-state index is 0.0397. The molecule has 2 heteroatoms. The Labute approximate surface area is 148 Å². The Morgan fingerprint density at radius 2 is 1.80 bits per heavy atom. The number of pyridine rings is 1. The summed E-state index contributed by atoms with van der Waals surface area (Å²) in [4.78, 5) is 17.6. The number of nitrogens with zero attached hydrogens (tertiary/aromatic N) is 1.